The largest absolute Gasteiger partial charge is 0.357 e. The van der Waals surface area contributed by atoms with Crippen LogP contribution in [0.3, 0.4) is 0 Å². The van der Waals surface area contributed by atoms with Crippen LogP contribution in [0.2, 0.25) is 0 Å². The minimum atomic E-state index is 0.407. The molecule has 1 aromatic rings. The first-order valence-corrected chi connectivity index (χ1v) is 6.07. The van der Waals surface area contributed by atoms with Gasteiger partial charge in [-0.15, -0.1) is 4.91 Å². The van der Waals surface area contributed by atoms with Gasteiger partial charge in [-0.05, 0) is 28.1 Å². The molecule has 0 saturated carbocycles. The van der Waals surface area contributed by atoms with E-state index in [1.54, 1.807) is 29.1 Å². The third kappa shape index (κ3) is 3.33. The predicted molar refractivity (Wildman–Crippen MR) is 55.8 cm³/mol. The van der Waals surface area contributed by atoms with E-state index in [1.807, 2.05) is 0 Å². The molecule has 0 aliphatic heterocycles. The zero-order chi connectivity index (χ0) is 9.52. The fourth-order valence-electron chi connectivity index (χ4n) is 0.672. The summed E-state index contributed by atoms with van der Waals surface area (Å²) in [5.74, 6) is 0.944. The number of hydrogen-bond acceptors (Lipinski definition) is 5. The molecule has 0 aliphatic carbocycles. The van der Waals surface area contributed by atoms with Crippen molar-refractivity contribution in [2.24, 2.45) is 5.18 Å². The lowest BCUT2D eigenvalue weighted by molar-refractivity contribution is -0.360. The summed E-state index contributed by atoms with van der Waals surface area (Å²) < 4.78 is 0. The third-order valence-electron chi connectivity index (χ3n) is 1.21. The summed E-state index contributed by atoms with van der Waals surface area (Å²) in [7, 11) is 3.10. The van der Waals surface area contributed by atoms with Gasteiger partial charge in [0.2, 0.25) is 0 Å². The van der Waals surface area contributed by atoms with Crippen LogP contribution < -0.4 is 5.73 Å². The standard InChI is InChI=1S/C7H9N3OS2/c8-3-5-12-13-7-6(10-11)2-1-4-9-7/h1-2,4H,3,5,8H2/p+1. The summed E-state index contributed by atoms with van der Waals surface area (Å²) in [5, 5.41) is 3.56. The molecule has 0 saturated heterocycles. The second kappa shape index (κ2) is 5.95. The quantitative estimate of drug-likeness (QED) is 0.459. The Balaban J connectivity index is 2.59. The van der Waals surface area contributed by atoms with E-state index in [0.717, 1.165) is 12.3 Å². The smallest absolute Gasteiger partial charge is 0.141 e. The van der Waals surface area contributed by atoms with E-state index in [0.29, 0.717) is 10.7 Å². The normalized spacial score (nSPS) is 9.92. The molecule has 1 heterocycles. The second-order valence-corrected chi connectivity index (χ2v) is 4.58. The Morgan fingerprint density at radius 1 is 1.62 bits per heavy atom. The lowest BCUT2D eigenvalue weighted by Crippen LogP contribution is -2.51. The summed E-state index contributed by atoms with van der Waals surface area (Å²) in [4.78, 5) is 14.4. The number of pyridine rings is 1. The maximum atomic E-state index is 10.3. The summed E-state index contributed by atoms with van der Waals surface area (Å²) in [5.41, 5.74) is 4.13. The number of nitroso groups, excluding NO2 is 1. The number of nitrogens with zero attached hydrogens (tertiary/aromatic N) is 2. The molecule has 1 aromatic heterocycles. The van der Waals surface area contributed by atoms with E-state index in [-0.39, 0.29) is 0 Å². The molecule has 0 aliphatic rings. The molecule has 0 amide bonds. The van der Waals surface area contributed by atoms with Crippen molar-refractivity contribution in [2.75, 3.05) is 12.3 Å². The molecule has 1 rings (SSSR count). The third-order valence-corrected chi connectivity index (χ3v) is 3.59. The van der Waals surface area contributed by atoms with Crippen molar-refractivity contribution >= 4 is 27.3 Å². The highest BCUT2D eigenvalue weighted by molar-refractivity contribution is 8.76. The topological polar surface area (TPSA) is 70.0 Å². The van der Waals surface area contributed by atoms with Crippen LogP contribution in [0, 0.1) is 4.91 Å². The molecule has 4 nitrogen and oxygen atoms in total. The molecule has 6 heteroatoms. The zero-order valence-electron chi connectivity index (χ0n) is 6.97. The van der Waals surface area contributed by atoms with Crippen molar-refractivity contribution < 1.29 is 5.73 Å². The monoisotopic (exact) mass is 216 g/mol. The lowest BCUT2D eigenvalue weighted by atomic mass is 10.4. The van der Waals surface area contributed by atoms with E-state index in [2.05, 4.69) is 15.9 Å². The van der Waals surface area contributed by atoms with Crippen molar-refractivity contribution in [1.82, 2.24) is 4.98 Å². The van der Waals surface area contributed by atoms with Crippen LogP contribution in [0.25, 0.3) is 0 Å². The Morgan fingerprint density at radius 2 is 2.46 bits per heavy atom. The first kappa shape index (κ1) is 10.5. The number of quaternary nitrogens is 1. The molecule has 0 bridgehead atoms. The summed E-state index contributed by atoms with van der Waals surface area (Å²) in [6, 6.07) is 3.36. The Kier molecular flexibility index (Phi) is 4.81. The van der Waals surface area contributed by atoms with Gasteiger partial charge in [-0.3, -0.25) is 0 Å². The minimum absolute atomic E-state index is 0.407. The summed E-state index contributed by atoms with van der Waals surface area (Å²) >= 11 is 0. The Hall–Kier alpha value is -0.590. The van der Waals surface area contributed by atoms with Crippen LogP contribution >= 0.6 is 21.6 Å². The van der Waals surface area contributed by atoms with Crippen LogP contribution in [0.1, 0.15) is 0 Å². The molecular formula is C7H10N3OS2+. The molecule has 0 spiro atoms. The SMILES string of the molecule is [NH3+]CCSSc1ncccc1N=O. The lowest BCUT2D eigenvalue weighted by Gasteiger charge is -1.98. The summed E-state index contributed by atoms with van der Waals surface area (Å²) in [6.07, 6.45) is 1.65. The maximum absolute atomic E-state index is 10.3. The molecular weight excluding hydrogens is 206 g/mol. The number of rotatable bonds is 5. The van der Waals surface area contributed by atoms with Crippen LogP contribution in [-0.2, 0) is 0 Å². The summed E-state index contributed by atoms with van der Waals surface area (Å²) in [6.45, 7) is 0.869. The molecule has 0 atom stereocenters. The van der Waals surface area contributed by atoms with Gasteiger partial charge in [-0.1, -0.05) is 10.8 Å². The van der Waals surface area contributed by atoms with Gasteiger partial charge in [-0.2, -0.15) is 0 Å². The molecule has 0 fully saturated rings. The van der Waals surface area contributed by atoms with Crippen LogP contribution in [0.4, 0.5) is 5.69 Å². The van der Waals surface area contributed by atoms with Crippen molar-refractivity contribution in [3.63, 3.8) is 0 Å². The fourth-order valence-corrected chi connectivity index (χ4v) is 2.60. The Labute approximate surface area is 84.1 Å². The van der Waals surface area contributed by atoms with Crippen molar-refractivity contribution in [3.8, 4) is 0 Å². The van der Waals surface area contributed by atoms with Gasteiger partial charge < -0.3 is 5.73 Å². The number of hydrogen-bond donors (Lipinski definition) is 1. The van der Waals surface area contributed by atoms with Crippen LogP contribution in [0.15, 0.2) is 28.5 Å². The second-order valence-electron chi connectivity index (χ2n) is 2.18. The van der Waals surface area contributed by atoms with E-state index in [4.69, 9.17) is 0 Å². The van der Waals surface area contributed by atoms with E-state index in [9.17, 15) is 4.91 Å². The van der Waals surface area contributed by atoms with Crippen molar-refractivity contribution in [3.05, 3.63) is 23.2 Å². The fraction of sp³-hybridized carbons (Fsp3) is 0.286. The van der Waals surface area contributed by atoms with Gasteiger partial charge in [0.05, 0.1) is 12.3 Å². The molecule has 70 valence electrons. The predicted octanol–water partition coefficient (Wildman–Crippen LogP) is 1.46. The Morgan fingerprint density at radius 3 is 3.15 bits per heavy atom. The average molecular weight is 216 g/mol. The Bertz CT molecular complexity index is 282. The zero-order valence-corrected chi connectivity index (χ0v) is 8.61. The highest BCUT2D eigenvalue weighted by Crippen LogP contribution is 2.34. The van der Waals surface area contributed by atoms with Crippen LogP contribution in [-0.4, -0.2) is 17.3 Å². The van der Waals surface area contributed by atoms with E-state index < -0.39 is 0 Å². The van der Waals surface area contributed by atoms with Gasteiger partial charge in [0, 0.05) is 6.20 Å². The minimum Gasteiger partial charge on any atom is -0.357 e. The molecule has 0 unspecified atom stereocenters. The molecule has 13 heavy (non-hydrogen) atoms. The van der Waals surface area contributed by atoms with Crippen LogP contribution in [0.5, 0.6) is 0 Å². The van der Waals surface area contributed by atoms with Gasteiger partial charge >= 0.3 is 0 Å². The first-order valence-electron chi connectivity index (χ1n) is 3.75. The van der Waals surface area contributed by atoms with Crippen molar-refractivity contribution in [1.29, 1.82) is 0 Å². The maximum Gasteiger partial charge on any atom is 0.141 e. The molecule has 0 radical (unpaired) electrons. The molecule has 3 N–H and O–H groups in total. The number of aromatic nitrogens is 1. The highest BCUT2D eigenvalue weighted by Gasteiger charge is 2.03. The average Bonchev–Trinajstić information content (AvgIpc) is 2.19. The van der Waals surface area contributed by atoms with Gasteiger partial charge in [-0.25, -0.2) is 4.98 Å². The molecule has 0 aromatic carbocycles. The van der Waals surface area contributed by atoms with Gasteiger partial charge in [0.1, 0.15) is 10.7 Å². The highest BCUT2D eigenvalue weighted by atomic mass is 33.1. The van der Waals surface area contributed by atoms with E-state index in [1.165, 1.54) is 10.8 Å². The van der Waals surface area contributed by atoms with Crippen molar-refractivity contribution in [2.45, 2.75) is 5.03 Å². The van der Waals surface area contributed by atoms with E-state index >= 15 is 0 Å². The van der Waals surface area contributed by atoms with Gasteiger partial charge in [0.15, 0.2) is 0 Å². The first-order chi connectivity index (χ1) is 6.38. The van der Waals surface area contributed by atoms with Gasteiger partial charge in [0.25, 0.3) is 0 Å².